The second-order valence-corrected chi connectivity index (χ2v) is 4.73. The third-order valence-corrected chi connectivity index (χ3v) is 3.13. The molecule has 1 aromatic carbocycles. The number of anilines is 1. The van der Waals surface area contributed by atoms with Crippen LogP contribution < -0.4 is 5.73 Å². The molecule has 0 atom stereocenters. The number of benzene rings is 1. The number of nitrogens with two attached hydrogens (primary N) is 1. The average Bonchev–Trinajstić information content (AvgIpc) is 2.46. The summed E-state index contributed by atoms with van der Waals surface area (Å²) in [5.41, 5.74) is 8.43. The summed E-state index contributed by atoms with van der Waals surface area (Å²) in [6.07, 6.45) is 1.82. The van der Waals surface area contributed by atoms with Crippen molar-refractivity contribution in [2.45, 2.75) is 19.8 Å². The Hall–Kier alpha value is -2.49. The lowest BCUT2D eigenvalue weighted by Crippen LogP contribution is -2.01. The number of nitrogens with zero attached hydrogens (tertiary/aromatic N) is 3. The van der Waals surface area contributed by atoms with Crippen LogP contribution in [-0.2, 0) is 6.42 Å². The maximum absolute atomic E-state index is 5.86. The zero-order chi connectivity index (χ0) is 13.9. The monoisotopic (exact) mass is 264 g/mol. The maximum atomic E-state index is 5.86. The molecule has 2 N–H and O–H groups in total. The number of fused-ring (bicyclic) bond motifs is 1. The zero-order valence-electron chi connectivity index (χ0n) is 11.4. The first-order valence-electron chi connectivity index (χ1n) is 6.76. The van der Waals surface area contributed by atoms with Crippen molar-refractivity contribution in [3.05, 3.63) is 48.3 Å². The van der Waals surface area contributed by atoms with E-state index in [0.717, 1.165) is 41.0 Å². The lowest BCUT2D eigenvalue weighted by Gasteiger charge is -2.06. The molecular weight excluding hydrogens is 248 g/mol. The van der Waals surface area contributed by atoms with Crippen LogP contribution in [0.15, 0.2) is 42.5 Å². The fourth-order valence-electron chi connectivity index (χ4n) is 2.19. The Morgan fingerprint density at radius 2 is 1.80 bits per heavy atom. The number of rotatable bonds is 3. The van der Waals surface area contributed by atoms with E-state index in [-0.39, 0.29) is 0 Å². The predicted octanol–water partition coefficient (Wildman–Crippen LogP) is 3.23. The number of hydrogen-bond acceptors (Lipinski definition) is 4. The molecule has 0 bridgehead atoms. The van der Waals surface area contributed by atoms with Gasteiger partial charge in [-0.2, -0.15) is 0 Å². The van der Waals surface area contributed by atoms with Gasteiger partial charge in [0.2, 0.25) is 0 Å². The third kappa shape index (κ3) is 2.45. The number of para-hydroxylation sites is 1. The Labute approximate surface area is 117 Å². The van der Waals surface area contributed by atoms with Crippen LogP contribution in [0.1, 0.15) is 19.2 Å². The molecule has 4 nitrogen and oxygen atoms in total. The van der Waals surface area contributed by atoms with Gasteiger partial charge in [-0.1, -0.05) is 31.2 Å². The summed E-state index contributed by atoms with van der Waals surface area (Å²) in [4.78, 5) is 13.4. The van der Waals surface area contributed by atoms with Crippen LogP contribution in [0.5, 0.6) is 0 Å². The fraction of sp³-hybridized carbons (Fsp3) is 0.188. The molecule has 100 valence electrons. The molecule has 0 saturated heterocycles. The van der Waals surface area contributed by atoms with E-state index in [4.69, 9.17) is 5.73 Å². The van der Waals surface area contributed by atoms with Gasteiger partial charge in [0.1, 0.15) is 11.6 Å². The molecule has 2 aromatic heterocycles. The standard InChI is InChI=1S/C16H16N4/c1-2-5-16-19-14(10-15(17)20-16)13-9-8-11-6-3-4-7-12(11)18-13/h3-4,6-10H,2,5H2,1H3,(H2,17,19,20). The largest absolute Gasteiger partial charge is 0.384 e. The van der Waals surface area contributed by atoms with E-state index < -0.39 is 0 Å². The number of hydrogen-bond donors (Lipinski definition) is 1. The van der Waals surface area contributed by atoms with Crippen LogP contribution in [-0.4, -0.2) is 15.0 Å². The first-order chi connectivity index (χ1) is 9.76. The first-order valence-corrected chi connectivity index (χ1v) is 6.76. The summed E-state index contributed by atoms with van der Waals surface area (Å²) in [6, 6.07) is 13.8. The van der Waals surface area contributed by atoms with E-state index in [9.17, 15) is 0 Å². The Kier molecular flexibility index (Phi) is 3.29. The Balaban J connectivity index is 2.10. The third-order valence-electron chi connectivity index (χ3n) is 3.13. The summed E-state index contributed by atoms with van der Waals surface area (Å²) in [7, 11) is 0. The summed E-state index contributed by atoms with van der Waals surface area (Å²) in [5.74, 6) is 1.27. The molecule has 20 heavy (non-hydrogen) atoms. The summed E-state index contributed by atoms with van der Waals surface area (Å²) in [5, 5.41) is 1.12. The number of pyridine rings is 1. The SMILES string of the molecule is CCCc1nc(N)cc(-c2ccc3ccccc3n2)n1. The summed E-state index contributed by atoms with van der Waals surface area (Å²) in [6.45, 7) is 2.10. The van der Waals surface area contributed by atoms with Crippen LogP contribution in [0.2, 0.25) is 0 Å². The normalized spacial score (nSPS) is 10.8. The van der Waals surface area contributed by atoms with E-state index in [1.165, 1.54) is 0 Å². The van der Waals surface area contributed by atoms with Gasteiger partial charge < -0.3 is 5.73 Å². The van der Waals surface area contributed by atoms with E-state index in [2.05, 4.69) is 27.9 Å². The van der Waals surface area contributed by atoms with E-state index in [1.807, 2.05) is 30.3 Å². The minimum atomic E-state index is 0.494. The average molecular weight is 264 g/mol. The van der Waals surface area contributed by atoms with Gasteiger partial charge in [-0.05, 0) is 18.6 Å². The number of nitrogen functional groups attached to an aromatic ring is 1. The van der Waals surface area contributed by atoms with Gasteiger partial charge in [0, 0.05) is 17.9 Å². The second kappa shape index (κ2) is 5.25. The maximum Gasteiger partial charge on any atom is 0.131 e. The Morgan fingerprint density at radius 3 is 2.65 bits per heavy atom. The van der Waals surface area contributed by atoms with Crippen molar-refractivity contribution in [1.82, 2.24) is 15.0 Å². The van der Waals surface area contributed by atoms with Gasteiger partial charge in [-0.15, -0.1) is 0 Å². The molecule has 0 aliphatic carbocycles. The van der Waals surface area contributed by atoms with Crippen LogP contribution in [0.4, 0.5) is 5.82 Å². The highest BCUT2D eigenvalue weighted by molar-refractivity contribution is 5.81. The molecule has 2 heterocycles. The van der Waals surface area contributed by atoms with E-state index in [1.54, 1.807) is 6.07 Å². The zero-order valence-corrected chi connectivity index (χ0v) is 11.4. The Bertz CT molecular complexity index is 752. The van der Waals surface area contributed by atoms with Gasteiger partial charge in [0.15, 0.2) is 0 Å². The predicted molar refractivity (Wildman–Crippen MR) is 81.2 cm³/mol. The van der Waals surface area contributed by atoms with Crippen molar-refractivity contribution in [3.8, 4) is 11.4 Å². The Morgan fingerprint density at radius 1 is 0.950 bits per heavy atom. The quantitative estimate of drug-likeness (QED) is 0.788. The summed E-state index contributed by atoms with van der Waals surface area (Å²) >= 11 is 0. The first kappa shape index (κ1) is 12.5. The molecule has 0 fully saturated rings. The van der Waals surface area contributed by atoms with Crippen LogP contribution >= 0.6 is 0 Å². The van der Waals surface area contributed by atoms with Gasteiger partial charge in [-0.25, -0.2) is 15.0 Å². The highest BCUT2D eigenvalue weighted by atomic mass is 15.0. The lowest BCUT2D eigenvalue weighted by molar-refractivity contribution is 0.838. The fourth-order valence-corrected chi connectivity index (χ4v) is 2.19. The molecule has 0 unspecified atom stereocenters. The molecule has 0 aliphatic rings. The highest BCUT2D eigenvalue weighted by Crippen LogP contribution is 2.20. The van der Waals surface area contributed by atoms with E-state index in [0.29, 0.717) is 5.82 Å². The number of aromatic nitrogens is 3. The molecule has 0 saturated carbocycles. The van der Waals surface area contributed by atoms with Crippen molar-refractivity contribution in [2.24, 2.45) is 0 Å². The molecule has 4 heteroatoms. The van der Waals surface area contributed by atoms with Gasteiger partial charge >= 0.3 is 0 Å². The second-order valence-electron chi connectivity index (χ2n) is 4.73. The van der Waals surface area contributed by atoms with Crippen molar-refractivity contribution in [3.63, 3.8) is 0 Å². The molecule has 3 aromatic rings. The van der Waals surface area contributed by atoms with Crippen LogP contribution in [0.3, 0.4) is 0 Å². The minimum Gasteiger partial charge on any atom is -0.384 e. The van der Waals surface area contributed by atoms with Crippen LogP contribution in [0, 0.1) is 0 Å². The van der Waals surface area contributed by atoms with E-state index >= 15 is 0 Å². The van der Waals surface area contributed by atoms with Crippen molar-refractivity contribution < 1.29 is 0 Å². The number of aryl methyl sites for hydroxylation is 1. The summed E-state index contributed by atoms with van der Waals surface area (Å²) < 4.78 is 0. The molecule has 0 spiro atoms. The molecule has 0 radical (unpaired) electrons. The van der Waals surface area contributed by atoms with Gasteiger partial charge in [0.25, 0.3) is 0 Å². The van der Waals surface area contributed by atoms with Gasteiger partial charge in [-0.3, -0.25) is 0 Å². The van der Waals surface area contributed by atoms with Gasteiger partial charge in [0.05, 0.1) is 16.9 Å². The smallest absolute Gasteiger partial charge is 0.131 e. The van der Waals surface area contributed by atoms with Crippen molar-refractivity contribution >= 4 is 16.7 Å². The lowest BCUT2D eigenvalue weighted by atomic mass is 10.1. The topological polar surface area (TPSA) is 64.7 Å². The highest BCUT2D eigenvalue weighted by Gasteiger charge is 2.07. The molecule has 0 amide bonds. The molecule has 3 rings (SSSR count). The van der Waals surface area contributed by atoms with Crippen molar-refractivity contribution in [2.75, 3.05) is 5.73 Å². The minimum absolute atomic E-state index is 0.494. The van der Waals surface area contributed by atoms with Crippen LogP contribution in [0.25, 0.3) is 22.3 Å². The van der Waals surface area contributed by atoms with Crippen molar-refractivity contribution in [1.29, 1.82) is 0 Å². The molecular formula is C16H16N4. The molecule has 0 aliphatic heterocycles.